The Morgan fingerprint density at radius 2 is 1.97 bits per heavy atom. The lowest BCUT2D eigenvalue weighted by Crippen LogP contribution is -2.35. The van der Waals surface area contributed by atoms with E-state index in [0.29, 0.717) is 43.0 Å². The molecule has 3 heterocycles. The SMILES string of the molecule is O=c1[nH]c(-c2ccncc2)nc2c1CN(Cc1cccc(OC(F)(F)F)c1)CC2. The number of fused-ring (bicyclic) bond motifs is 1. The van der Waals surface area contributed by atoms with E-state index in [1.54, 1.807) is 30.6 Å². The first kappa shape index (κ1) is 19.1. The number of halogens is 3. The molecule has 1 aliphatic rings. The maximum Gasteiger partial charge on any atom is 0.573 e. The molecule has 6 nitrogen and oxygen atoms in total. The Balaban J connectivity index is 1.51. The van der Waals surface area contributed by atoms with E-state index >= 15 is 0 Å². The number of aromatic nitrogens is 3. The molecule has 9 heteroatoms. The van der Waals surface area contributed by atoms with Gasteiger partial charge in [0.25, 0.3) is 5.56 Å². The first-order valence-electron chi connectivity index (χ1n) is 8.97. The van der Waals surface area contributed by atoms with Gasteiger partial charge >= 0.3 is 6.36 Å². The van der Waals surface area contributed by atoms with E-state index in [4.69, 9.17) is 0 Å². The molecule has 1 aliphatic heterocycles. The highest BCUT2D eigenvalue weighted by atomic mass is 19.4. The first-order chi connectivity index (χ1) is 13.9. The fourth-order valence-corrected chi connectivity index (χ4v) is 3.36. The summed E-state index contributed by atoms with van der Waals surface area (Å²) in [7, 11) is 0. The lowest BCUT2D eigenvalue weighted by Gasteiger charge is -2.27. The first-order valence-corrected chi connectivity index (χ1v) is 8.97. The molecule has 0 bridgehead atoms. The van der Waals surface area contributed by atoms with Crippen LogP contribution >= 0.6 is 0 Å². The van der Waals surface area contributed by atoms with E-state index in [2.05, 4.69) is 19.7 Å². The van der Waals surface area contributed by atoms with Crippen molar-refractivity contribution in [2.75, 3.05) is 6.54 Å². The van der Waals surface area contributed by atoms with Gasteiger partial charge in [0.1, 0.15) is 11.6 Å². The van der Waals surface area contributed by atoms with Gasteiger partial charge in [0.05, 0.1) is 11.3 Å². The van der Waals surface area contributed by atoms with Crippen molar-refractivity contribution in [1.82, 2.24) is 19.9 Å². The minimum atomic E-state index is -4.73. The zero-order valence-corrected chi connectivity index (χ0v) is 15.2. The summed E-state index contributed by atoms with van der Waals surface area (Å²) >= 11 is 0. The summed E-state index contributed by atoms with van der Waals surface area (Å²) in [6.45, 7) is 1.42. The molecule has 0 unspecified atom stereocenters. The average Bonchev–Trinajstić information content (AvgIpc) is 2.68. The molecule has 1 aromatic carbocycles. The van der Waals surface area contributed by atoms with Crippen LogP contribution in [-0.4, -0.2) is 32.8 Å². The van der Waals surface area contributed by atoms with Crippen LogP contribution in [0.2, 0.25) is 0 Å². The topological polar surface area (TPSA) is 71.1 Å². The number of nitrogens with one attached hydrogen (secondary N) is 1. The molecule has 4 rings (SSSR count). The van der Waals surface area contributed by atoms with Crippen LogP contribution < -0.4 is 10.3 Å². The Bertz CT molecular complexity index is 1070. The Morgan fingerprint density at radius 1 is 1.17 bits per heavy atom. The monoisotopic (exact) mass is 402 g/mol. The number of nitrogens with zero attached hydrogens (tertiary/aromatic N) is 3. The molecule has 0 atom stereocenters. The molecule has 0 radical (unpaired) electrons. The zero-order chi connectivity index (χ0) is 20.4. The lowest BCUT2D eigenvalue weighted by molar-refractivity contribution is -0.274. The third-order valence-electron chi connectivity index (χ3n) is 4.64. The van der Waals surface area contributed by atoms with Gasteiger partial charge in [-0.1, -0.05) is 12.1 Å². The third kappa shape index (κ3) is 4.62. The number of hydrogen-bond donors (Lipinski definition) is 1. The van der Waals surface area contributed by atoms with Crippen molar-refractivity contribution in [3.63, 3.8) is 0 Å². The second-order valence-corrected chi connectivity index (χ2v) is 6.73. The van der Waals surface area contributed by atoms with Crippen molar-refractivity contribution in [3.05, 3.63) is 76.0 Å². The van der Waals surface area contributed by atoms with Gasteiger partial charge in [0.15, 0.2) is 0 Å². The summed E-state index contributed by atoms with van der Waals surface area (Å²) in [5, 5.41) is 0. The normalized spacial score (nSPS) is 14.4. The summed E-state index contributed by atoms with van der Waals surface area (Å²) in [6, 6.07) is 9.42. The molecule has 150 valence electrons. The van der Waals surface area contributed by atoms with Crippen LogP contribution in [0.5, 0.6) is 5.75 Å². The predicted molar refractivity (Wildman–Crippen MR) is 99.0 cm³/mol. The van der Waals surface area contributed by atoms with Gasteiger partial charge in [0, 0.05) is 44.0 Å². The number of hydrogen-bond acceptors (Lipinski definition) is 5. The van der Waals surface area contributed by atoms with Crippen LogP contribution in [-0.2, 0) is 19.5 Å². The maximum atomic E-state index is 12.6. The van der Waals surface area contributed by atoms with E-state index in [1.807, 2.05) is 4.90 Å². The van der Waals surface area contributed by atoms with Gasteiger partial charge in [-0.2, -0.15) is 0 Å². The van der Waals surface area contributed by atoms with Crippen molar-refractivity contribution >= 4 is 0 Å². The van der Waals surface area contributed by atoms with Gasteiger partial charge in [-0.05, 0) is 29.8 Å². The average molecular weight is 402 g/mol. The predicted octanol–water partition coefficient (Wildman–Crippen LogP) is 3.29. The Labute approximate surface area is 164 Å². The van der Waals surface area contributed by atoms with E-state index < -0.39 is 6.36 Å². The molecule has 0 aliphatic carbocycles. The third-order valence-corrected chi connectivity index (χ3v) is 4.64. The summed E-state index contributed by atoms with van der Waals surface area (Å²) < 4.78 is 41.2. The van der Waals surface area contributed by atoms with E-state index in [-0.39, 0.29) is 11.3 Å². The smallest absolute Gasteiger partial charge is 0.406 e. The molecule has 2 aromatic heterocycles. The highest BCUT2D eigenvalue weighted by molar-refractivity contribution is 5.54. The standard InChI is InChI=1S/C20H17F3N4O2/c21-20(22,23)29-15-3-1-2-13(10-15)11-27-9-6-17-16(12-27)19(28)26-18(25-17)14-4-7-24-8-5-14/h1-5,7-8,10H,6,9,11-12H2,(H,25,26,28). The van der Waals surface area contributed by atoms with Gasteiger partial charge in [-0.15, -0.1) is 13.2 Å². The number of H-pyrrole nitrogens is 1. The van der Waals surface area contributed by atoms with Crippen LogP contribution in [0, 0.1) is 0 Å². The Morgan fingerprint density at radius 3 is 2.72 bits per heavy atom. The quantitative estimate of drug-likeness (QED) is 0.725. The van der Waals surface area contributed by atoms with Gasteiger partial charge < -0.3 is 9.72 Å². The fourth-order valence-electron chi connectivity index (χ4n) is 3.36. The van der Waals surface area contributed by atoms with E-state index in [1.165, 1.54) is 18.2 Å². The molecule has 3 aromatic rings. The van der Waals surface area contributed by atoms with E-state index in [0.717, 1.165) is 11.3 Å². The van der Waals surface area contributed by atoms with Gasteiger partial charge in [-0.25, -0.2) is 4.98 Å². The maximum absolute atomic E-state index is 12.6. The molecule has 0 saturated carbocycles. The summed E-state index contributed by atoms with van der Waals surface area (Å²) in [5.41, 5.74) is 2.57. The second-order valence-electron chi connectivity index (χ2n) is 6.73. The molecular weight excluding hydrogens is 385 g/mol. The molecule has 0 fully saturated rings. The minimum Gasteiger partial charge on any atom is -0.406 e. The van der Waals surface area contributed by atoms with Crippen LogP contribution in [0.1, 0.15) is 16.8 Å². The Kier molecular flexibility index (Phi) is 5.06. The van der Waals surface area contributed by atoms with Crippen LogP contribution in [0.15, 0.2) is 53.6 Å². The summed E-state index contributed by atoms with van der Waals surface area (Å²) in [5.74, 6) is 0.246. The molecule has 0 amide bonds. The molecule has 1 N–H and O–H groups in total. The van der Waals surface area contributed by atoms with Crippen molar-refractivity contribution in [2.24, 2.45) is 0 Å². The molecular formula is C20H17F3N4O2. The summed E-state index contributed by atoms with van der Waals surface area (Å²) in [4.78, 5) is 25.9. The van der Waals surface area contributed by atoms with E-state index in [9.17, 15) is 18.0 Å². The van der Waals surface area contributed by atoms with Gasteiger partial charge in [0.2, 0.25) is 0 Å². The van der Waals surface area contributed by atoms with Crippen molar-refractivity contribution in [3.8, 4) is 17.1 Å². The van der Waals surface area contributed by atoms with Crippen LogP contribution in [0.3, 0.4) is 0 Å². The largest absolute Gasteiger partial charge is 0.573 e. The fraction of sp³-hybridized carbons (Fsp3) is 0.250. The zero-order valence-electron chi connectivity index (χ0n) is 15.2. The van der Waals surface area contributed by atoms with Crippen molar-refractivity contribution < 1.29 is 17.9 Å². The number of ether oxygens (including phenoxy) is 1. The second kappa shape index (κ2) is 7.67. The van der Waals surface area contributed by atoms with Crippen molar-refractivity contribution in [1.29, 1.82) is 0 Å². The minimum absolute atomic E-state index is 0.208. The lowest BCUT2D eigenvalue weighted by atomic mass is 10.1. The highest BCUT2D eigenvalue weighted by Gasteiger charge is 2.31. The number of rotatable bonds is 4. The number of pyridine rings is 1. The summed E-state index contributed by atoms with van der Waals surface area (Å²) in [6.07, 6.45) is -0.884. The number of aromatic amines is 1. The van der Waals surface area contributed by atoms with Crippen molar-refractivity contribution in [2.45, 2.75) is 25.9 Å². The number of benzene rings is 1. The van der Waals surface area contributed by atoms with Crippen LogP contribution in [0.4, 0.5) is 13.2 Å². The molecule has 0 saturated heterocycles. The molecule has 0 spiro atoms. The van der Waals surface area contributed by atoms with Crippen LogP contribution in [0.25, 0.3) is 11.4 Å². The molecule has 29 heavy (non-hydrogen) atoms. The Hall–Kier alpha value is -3.20. The number of alkyl halides is 3. The highest BCUT2D eigenvalue weighted by Crippen LogP contribution is 2.25. The van der Waals surface area contributed by atoms with Gasteiger partial charge in [-0.3, -0.25) is 14.7 Å².